The van der Waals surface area contributed by atoms with Gasteiger partial charge in [0.05, 0.1) is 7.11 Å². The number of methoxy groups -OCH3 is 1. The van der Waals surface area contributed by atoms with Gasteiger partial charge in [-0.05, 0) is 29.3 Å². The van der Waals surface area contributed by atoms with Gasteiger partial charge in [0.2, 0.25) is 15.2 Å². The largest absolute Gasteiger partial charge is 0.497 e. The molecule has 0 amide bonds. The van der Waals surface area contributed by atoms with Gasteiger partial charge in [0.1, 0.15) is 11.6 Å². The van der Waals surface area contributed by atoms with Gasteiger partial charge in [-0.1, -0.05) is 42.5 Å². The number of rotatable bonds is 10. The molecule has 8 nitrogen and oxygen atoms in total. The Morgan fingerprint density at radius 3 is 2.65 bits per heavy atom. The van der Waals surface area contributed by atoms with E-state index in [0.717, 1.165) is 54.0 Å². The molecule has 1 aliphatic rings. The third kappa shape index (κ3) is 7.10. The lowest BCUT2D eigenvalue weighted by molar-refractivity contribution is 0.262. The van der Waals surface area contributed by atoms with Crippen LogP contribution in [0.15, 0.2) is 60.0 Å². The predicted octanol–water partition coefficient (Wildman–Crippen LogP) is 2.85. The fourth-order valence-electron chi connectivity index (χ4n) is 3.70. The van der Waals surface area contributed by atoms with Gasteiger partial charge in [0.15, 0.2) is 0 Å². The molecule has 1 N–H and O–H groups in total. The molecule has 0 aliphatic carbocycles. The van der Waals surface area contributed by atoms with E-state index in [9.17, 15) is 8.42 Å². The van der Waals surface area contributed by atoms with E-state index in [0.29, 0.717) is 19.5 Å². The number of aromatic nitrogens is 2. The van der Waals surface area contributed by atoms with E-state index in [-0.39, 0.29) is 0 Å². The smallest absolute Gasteiger partial charge is 0.233 e. The van der Waals surface area contributed by atoms with E-state index >= 15 is 0 Å². The van der Waals surface area contributed by atoms with Crippen LogP contribution < -0.4 is 14.4 Å². The van der Waals surface area contributed by atoms with E-state index < -0.39 is 10.0 Å². The van der Waals surface area contributed by atoms with Crippen LogP contribution in [0, 0.1) is 0 Å². The molecular weight excluding hydrogens is 470 g/mol. The summed E-state index contributed by atoms with van der Waals surface area (Å²) in [6, 6.07) is 17.3. The topological polar surface area (TPSA) is 87.7 Å². The molecule has 180 valence electrons. The minimum absolute atomic E-state index is 0.380. The second-order valence-electron chi connectivity index (χ2n) is 8.00. The van der Waals surface area contributed by atoms with E-state index in [2.05, 4.69) is 18.9 Å². The summed E-state index contributed by atoms with van der Waals surface area (Å²) in [6.45, 7) is 4.44. The zero-order chi connectivity index (χ0) is 23.8. The zero-order valence-electron chi connectivity index (χ0n) is 19.1. The molecule has 3 aromatic rings. The summed E-state index contributed by atoms with van der Waals surface area (Å²) in [5.74, 6) is 1.65. The fraction of sp³-hybridized carbons (Fsp3) is 0.333. The molecule has 1 fully saturated rings. The van der Waals surface area contributed by atoms with Crippen LogP contribution in [0.5, 0.6) is 5.75 Å². The Morgan fingerprint density at radius 2 is 1.88 bits per heavy atom. The molecule has 1 saturated heterocycles. The standard InChI is InChI=1S/C24H29N5O3S2/c1-32-22-9-5-8-21(18-22)19-23-26-24(33-27-23)29-15-13-28(14-16-29)12-11-25-34(30,31)17-10-20-6-3-2-4-7-20/h2-10,17-18,25H,11-16,19H2,1H3/b17-10+. The van der Waals surface area contributed by atoms with Crippen molar-refractivity contribution < 1.29 is 13.2 Å². The number of hydrogen-bond acceptors (Lipinski definition) is 8. The number of ether oxygens (including phenoxy) is 1. The molecule has 10 heteroatoms. The highest BCUT2D eigenvalue weighted by Crippen LogP contribution is 2.21. The van der Waals surface area contributed by atoms with Crippen LogP contribution in [0.1, 0.15) is 17.0 Å². The lowest BCUT2D eigenvalue weighted by atomic mass is 10.1. The average Bonchev–Trinajstić information content (AvgIpc) is 3.32. The van der Waals surface area contributed by atoms with Crippen molar-refractivity contribution in [3.05, 3.63) is 77.0 Å². The molecular formula is C24H29N5O3S2. The predicted molar refractivity (Wildman–Crippen MR) is 137 cm³/mol. The first-order valence-corrected chi connectivity index (χ1v) is 13.5. The molecule has 0 bridgehead atoms. The summed E-state index contributed by atoms with van der Waals surface area (Å²) in [7, 11) is -1.79. The first kappa shape index (κ1) is 24.3. The number of sulfonamides is 1. The maximum Gasteiger partial charge on any atom is 0.233 e. The van der Waals surface area contributed by atoms with Crippen molar-refractivity contribution in [3.63, 3.8) is 0 Å². The third-order valence-electron chi connectivity index (χ3n) is 5.57. The van der Waals surface area contributed by atoms with Gasteiger partial charge in [0.25, 0.3) is 0 Å². The third-order valence-corrected chi connectivity index (χ3v) is 7.48. The summed E-state index contributed by atoms with van der Waals surface area (Å²) < 4.78 is 36.9. The zero-order valence-corrected chi connectivity index (χ0v) is 20.8. The molecule has 2 heterocycles. The normalized spacial score (nSPS) is 15.1. The molecule has 1 aromatic heterocycles. The van der Waals surface area contributed by atoms with Crippen molar-refractivity contribution in [1.29, 1.82) is 0 Å². The molecule has 4 rings (SSSR count). The van der Waals surface area contributed by atoms with Crippen LogP contribution in [0.2, 0.25) is 0 Å². The summed E-state index contributed by atoms with van der Waals surface area (Å²) in [5.41, 5.74) is 1.97. The minimum atomic E-state index is -3.45. The Hall–Kier alpha value is -2.79. The van der Waals surface area contributed by atoms with Crippen LogP contribution >= 0.6 is 11.5 Å². The number of piperazine rings is 1. The highest BCUT2D eigenvalue weighted by Gasteiger charge is 2.20. The van der Waals surface area contributed by atoms with Crippen molar-refractivity contribution >= 4 is 32.8 Å². The molecule has 2 aromatic carbocycles. The summed E-state index contributed by atoms with van der Waals surface area (Å²) >= 11 is 1.43. The Bertz CT molecular complexity index is 1190. The van der Waals surface area contributed by atoms with Gasteiger partial charge < -0.3 is 9.64 Å². The SMILES string of the molecule is COc1cccc(Cc2nsc(N3CCN(CCNS(=O)(=O)/C=C/c4ccccc4)CC3)n2)c1. The van der Waals surface area contributed by atoms with Gasteiger partial charge in [-0.25, -0.2) is 18.1 Å². The Balaban J connectivity index is 1.20. The van der Waals surface area contributed by atoms with Crippen molar-refractivity contribution in [2.45, 2.75) is 6.42 Å². The van der Waals surface area contributed by atoms with E-state index in [1.54, 1.807) is 13.2 Å². The molecule has 34 heavy (non-hydrogen) atoms. The molecule has 0 spiro atoms. The van der Waals surface area contributed by atoms with Crippen LogP contribution in [-0.4, -0.2) is 69.1 Å². The van der Waals surface area contributed by atoms with Crippen molar-refractivity contribution in [2.24, 2.45) is 0 Å². The van der Waals surface area contributed by atoms with Crippen LogP contribution in [0.25, 0.3) is 6.08 Å². The number of nitrogens with zero attached hydrogens (tertiary/aromatic N) is 4. The van der Waals surface area contributed by atoms with Gasteiger partial charge in [0, 0.05) is 62.6 Å². The van der Waals surface area contributed by atoms with E-state index in [1.807, 2.05) is 54.6 Å². The van der Waals surface area contributed by atoms with Crippen LogP contribution in [0.3, 0.4) is 0 Å². The van der Waals surface area contributed by atoms with Crippen molar-refractivity contribution in [3.8, 4) is 5.75 Å². The number of benzene rings is 2. The van der Waals surface area contributed by atoms with Gasteiger partial charge in [-0.2, -0.15) is 4.37 Å². The second-order valence-corrected chi connectivity index (χ2v) is 10.4. The maximum atomic E-state index is 12.2. The fourth-order valence-corrected chi connectivity index (χ4v) is 5.24. The van der Waals surface area contributed by atoms with Gasteiger partial charge in [-0.15, -0.1) is 0 Å². The lowest BCUT2D eigenvalue weighted by Gasteiger charge is -2.34. The van der Waals surface area contributed by atoms with Gasteiger partial charge in [-0.3, -0.25) is 4.90 Å². The first-order valence-electron chi connectivity index (χ1n) is 11.2. The number of anilines is 1. The average molecular weight is 500 g/mol. The van der Waals surface area contributed by atoms with E-state index in [4.69, 9.17) is 9.72 Å². The number of nitrogens with one attached hydrogen (secondary N) is 1. The van der Waals surface area contributed by atoms with Gasteiger partial charge >= 0.3 is 0 Å². The minimum Gasteiger partial charge on any atom is -0.497 e. The van der Waals surface area contributed by atoms with Crippen LogP contribution in [-0.2, 0) is 16.4 Å². The Kier molecular flexibility index (Phi) is 8.28. The lowest BCUT2D eigenvalue weighted by Crippen LogP contribution is -2.48. The highest BCUT2D eigenvalue weighted by molar-refractivity contribution is 7.92. The second kappa shape index (κ2) is 11.6. The summed E-state index contributed by atoms with van der Waals surface area (Å²) in [5, 5.41) is 2.16. The van der Waals surface area contributed by atoms with Crippen molar-refractivity contribution in [1.82, 2.24) is 19.0 Å². The van der Waals surface area contributed by atoms with Crippen LogP contribution in [0.4, 0.5) is 5.13 Å². The first-order chi connectivity index (χ1) is 16.5. The molecule has 0 unspecified atom stereocenters. The monoisotopic (exact) mass is 499 g/mol. The van der Waals surface area contributed by atoms with E-state index in [1.165, 1.54) is 16.9 Å². The Morgan fingerprint density at radius 1 is 1.09 bits per heavy atom. The summed E-state index contributed by atoms with van der Waals surface area (Å²) in [6.07, 6.45) is 2.28. The quantitative estimate of drug-likeness (QED) is 0.459. The highest BCUT2D eigenvalue weighted by atomic mass is 32.2. The number of hydrogen-bond donors (Lipinski definition) is 1. The molecule has 1 aliphatic heterocycles. The molecule has 0 radical (unpaired) electrons. The summed E-state index contributed by atoms with van der Waals surface area (Å²) in [4.78, 5) is 9.23. The Labute approximate surface area is 205 Å². The maximum absolute atomic E-state index is 12.2. The molecule has 0 saturated carbocycles. The van der Waals surface area contributed by atoms with Crippen molar-refractivity contribution in [2.75, 3.05) is 51.3 Å². The molecule has 0 atom stereocenters.